The van der Waals surface area contributed by atoms with Crippen molar-refractivity contribution in [2.45, 2.75) is 31.4 Å². The van der Waals surface area contributed by atoms with Crippen molar-refractivity contribution in [2.24, 2.45) is 5.92 Å². The molecular formula is C22H19F5N2O2. The van der Waals surface area contributed by atoms with Crippen molar-refractivity contribution in [1.82, 2.24) is 4.98 Å². The Hall–Kier alpha value is -3.10. The maximum absolute atomic E-state index is 13.0. The van der Waals surface area contributed by atoms with Crippen LogP contribution in [0.1, 0.15) is 24.0 Å². The van der Waals surface area contributed by atoms with Gasteiger partial charge in [0.05, 0.1) is 17.9 Å². The Kier molecular flexibility index (Phi) is 5.36. The lowest BCUT2D eigenvalue weighted by atomic mass is 9.81. The predicted octanol–water partition coefficient (Wildman–Crippen LogP) is 5.79. The molecule has 1 aliphatic carbocycles. The average Bonchev–Trinajstić information content (AvgIpc) is 3.08. The molecule has 1 amide bonds. The van der Waals surface area contributed by atoms with Crippen molar-refractivity contribution in [3.05, 3.63) is 59.8 Å². The van der Waals surface area contributed by atoms with Gasteiger partial charge in [-0.15, -0.1) is 0 Å². The number of fused-ring (bicyclic) bond motifs is 1. The standard InChI is InChI=1S/C22H19F5N2O2/c23-21(24)10-14(11-21)20(30)29-19-12-28-18-6-1-13(9-17(18)19)7-8-31-16-4-2-15(3-5-16)22(25,26)27/h1-6,9,12,14,28H,7-8,10-11H2,(H,29,30). The van der Waals surface area contributed by atoms with Crippen LogP contribution in [-0.4, -0.2) is 23.4 Å². The van der Waals surface area contributed by atoms with E-state index < -0.39 is 42.3 Å². The molecule has 164 valence electrons. The molecule has 9 heteroatoms. The zero-order valence-electron chi connectivity index (χ0n) is 16.2. The Labute approximate surface area is 174 Å². The second kappa shape index (κ2) is 7.86. The lowest BCUT2D eigenvalue weighted by Gasteiger charge is -2.33. The number of nitrogens with one attached hydrogen (secondary N) is 2. The molecule has 2 N–H and O–H groups in total. The van der Waals surface area contributed by atoms with Crippen molar-refractivity contribution in [3.8, 4) is 5.75 Å². The van der Waals surface area contributed by atoms with Crippen LogP contribution in [0, 0.1) is 5.92 Å². The third-order valence-corrected chi connectivity index (χ3v) is 5.31. The van der Waals surface area contributed by atoms with Crippen LogP contribution in [0.2, 0.25) is 0 Å². The number of carbonyl (C=O) groups excluding carboxylic acids is 1. The minimum absolute atomic E-state index is 0.250. The molecule has 1 saturated carbocycles. The number of H-pyrrole nitrogens is 1. The van der Waals surface area contributed by atoms with Gasteiger partial charge in [-0.25, -0.2) is 8.78 Å². The van der Waals surface area contributed by atoms with E-state index in [2.05, 4.69) is 10.3 Å². The summed E-state index contributed by atoms with van der Waals surface area (Å²) >= 11 is 0. The number of amides is 1. The molecule has 0 aliphatic heterocycles. The molecule has 31 heavy (non-hydrogen) atoms. The van der Waals surface area contributed by atoms with Crippen LogP contribution in [0.3, 0.4) is 0 Å². The summed E-state index contributed by atoms with van der Waals surface area (Å²) in [5.74, 6) is -3.55. The molecule has 4 rings (SSSR count). The van der Waals surface area contributed by atoms with Crippen LogP contribution >= 0.6 is 0 Å². The Morgan fingerprint density at radius 2 is 1.84 bits per heavy atom. The lowest BCUT2D eigenvalue weighted by molar-refractivity contribution is -0.145. The van der Waals surface area contributed by atoms with E-state index in [-0.39, 0.29) is 6.61 Å². The summed E-state index contributed by atoms with van der Waals surface area (Å²) in [5.41, 5.74) is 1.45. The van der Waals surface area contributed by atoms with Crippen LogP contribution in [0.15, 0.2) is 48.7 Å². The minimum atomic E-state index is -4.39. The van der Waals surface area contributed by atoms with Gasteiger partial charge in [0, 0.05) is 42.3 Å². The Morgan fingerprint density at radius 1 is 1.13 bits per heavy atom. The Morgan fingerprint density at radius 3 is 2.48 bits per heavy atom. The van der Waals surface area contributed by atoms with Gasteiger partial charge in [-0.1, -0.05) is 6.07 Å². The summed E-state index contributed by atoms with van der Waals surface area (Å²) in [5, 5.41) is 3.45. The van der Waals surface area contributed by atoms with Crippen LogP contribution in [0.4, 0.5) is 27.6 Å². The summed E-state index contributed by atoms with van der Waals surface area (Å²) in [7, 11) is 0. The molecule has 0 unspecified atom stereocenters. The summed E-state index contributed by atoms with van der Waals surface area (Å²) in [6.45, 7) is 0.250. The van der Waals surface area contributed by atoms with Gasteiger partial charge in [0.25, 0.3) is 0 Å². The van der Waals surface area contributed by atoms with Crippen molar-refractivity contribution >= 4 is 22.5 Å². The van der Waals surface area contributed by atoms with Crippen molar-refractivity contribution in [2.75, 3.05) is 11.9 Å². The van der Waals surface area contributed by atoms with E-state index in [1.165, 1.54) is 12.1 Å². The van der Waals surface area contributed by atoms with E-state index in [1.54, 1.807) is 6.20 Å². The van der Waals surface area contributed by atoms with Crippen LogP contribution in [0.25, 0.3) is 10.9 Å². The summed E-state index contributed by atoms with van der Waals surface area (Å²) in [4.78, 5) is 15.2. The molecular weight excluding hydrogens is 419 g/mol. The molecule has 1 aromatic heterocycles. The molecule has 3 aromatic rings. The maximum Gasteiger partial charge on any atom is 0.416 e. The number of rotatable bonds is 6. The van der Waals surface area contributed by atoms with E-state index >= 15 is 0 Å². The molecule has 0 bridgehead atoms. The monoisotopic (exact) mass is 438 g/mol. The van der Waals surface area contributed by atoms with Crippen molar-refractivity contribution < 1.29 is 31.5 Å². The Balaban J connectivity index is 1.36. The Bertz CT molecular complexity index is 1080. The molecule has 2 aromatic carbocycles. The number of halogens is 5. The number of alkyl halides is 5. The van der Waals surface area contributed by atoms with E-state index in [0.717, 1.165) is 28.6 Å². The first-order valence-electron chi connectivity index (χ1n) is 9.69. The molecule has 4 nitrogen and oxygen atoms in total. The van der Waals surface area contributed by atoms with E-state index in [0.29, 0.717) is 17.9 Å². The number of aromatic amines is 1. The SMILES string of the molecule is O=C(Nc1c[nH]c2ccc(CCOc3ccc(C(F)(F)F)cc3)cc12)C1CC(F)(F)C1. The van der Waals surface area contributed by atoms with Crippen molar-refractivity contribution in [3.63, 3.8) is 0 Å². The number of carbonyl (C=O) groups is 1. The summed E-state index contributed by atoms with van der Waals surface area (Å²) in [6, 6.07) is 10.0. The molecule has 0 spiro atoms. The molecule has 0 saturated heterocycles. The number of aromatic nitrogens is 1. The van der Waals surface area contributed by atoms with Gasteiger partial charge >= 0.3 is 6.18 Å². The minimum Gasteiger partial charge on any atom is -0.493 e. The molecule has 1 aliphatic rings. The highest BCUT2D eigenvalue weighted by Crippen LogP contribution is 2.43. The van der Waals surface area contributed by atoms with Gasteiger partial charge < -0.3 is 15.0 Å². The van der Waals surface area contributed by atoms with E-state index in [4.69, 9.17) is 4.74 Å². The zero-order valence-corrected chi connectivity index (χ0v) is 16.2. The number of hydrogen-bond acceptors (Lipinski definition) is 2. The van der Waals surface area contributed by atoms with Gasteiger partial charge in [-0.3, -0.25) is 4.79 Å². The van der Waals surface area contributed by atoms with Crippen LogP contribution in [0.5, 0.6) is 5.75 Å². The number of hydrogen-bond donors (Lipinski definition) is 2. The van der Waals surface area contributed by atoms with E-state index in [9.17, 15) is 26.7 Å². The van der Waals surface area contributed by atoms with Gasteiger partial charge in [0.1, 0.15) is 5.75 Å². The zero-order chi connectivity index (χ0) is 22.2. The fourth-order valence-corrected chi connectivity index (χ4v) is 3.53. The fourth-order valence-electron chi connectivity index (χ4n) is 3.53. The average molecular weight is 438 g/mol. The van der Waals surface area contributed by atoms with Crippen LogP contribution < -0.4 is 10.1 Å². The predicted molar refractivity (Wildman–Crippen MR) is 105 cm³/mol. The smallest absolute Gasteiger partial charge is 0.416 e. The third-order valence-electron chi connectivity index (χ3n) is 5.31. The highest BCUT2D eigenvalue weighted by molar-refractivity contribution is 6.02. The first-order chi connectivity index (χ1) is 14.6. The second-order valence-corrected chi connectivity index (χ2v) is 7.65. The molecule has 1 fully saturated rings. The third kappa shape index (κ3) is 4.81. The summed E-state index contributed by atoms with van der Waals surface area (Å²) < 4.78 is 69.3. The largest absolute Gasteiger partial charge is 0.493 e. The number of benzene rings is 2. The van der Waals surface area contributed by atoms with Gasteiger partial charge in [0.2, 0.25) is 11.8 Å². The fraction of sp³-hybridized carbons (Fsp3) is 0.318. The summed E-state index contributed by atoms with van der Waals surface area (Å²) in [6.07, 6.45) is -3.16. The first kappa shape index (κ1) is 21.1. The van der Waals surface area contributed by atoms with Gasteiger partial charge in [0.15, 0.2) is 0 Å². The van der Waals surface area contributed by atoms with Gasteiger partial charge in [-0.2, -0.15) is 13.2 Å². The highest BCUT2D eigenvalue weighted by atomic mass is 19.4. The van der Waals surface area contributed by atoms with E-state index in [1.807, 2.05) is 18.2 Å². The van der Waals surface area contributed by atoms with Gasteiger partial charge in [-0.05, 0) is 42.0 Å². The second-order valence-electron chi connectivity index (χ2n) is 7.65. The first-order valence-corrected chi connectivity index (χ1v) is 9.69. The molecule has 1 heterocycles. The normalized spacial score (nSPS) is 16.2. The van der Waals surface area contributed by atoms with Crippen molar-refractivity contribution in [1.29, 1.82) is 0 Å². The maximum atomic E-state index is 13.0. The topological polar surface area (TPSA) is 54.1 Å². The lowest BCUT2D eigenvalue weighted by Crippen LogP contribution is -2.42. The van der Waals surface area contributed by atoms with Crippen LogP contribution in [-0.2, 0) is 17.4 Å². The highest BCUT2D eigenvalue weighted by Gasteiger charge is 2.48. The molecule has 0 radical (unpaired) electrons. The molecule has 0 atom stereocenters. The quantitative estimate of drug-likeness (QED) is 0.479. The number of anilines is 1. The number of ether oxygens (including phenoxy) is 1.